The van der Waals surface area contributed by atoms with Gasteiger partial charge in [0.15, 0.2) is 0 Å². The number of ether oxygens (including phenoxy) is 2. The van der Waals surface area contributed by atoms with Crippen molar-refractivity contribution in [2.24, 2.45) is 0 Å². The first-order valence-corrected chi connectivity index (χ1v) is 7.62. The SMILES string of the molecule is CNC(CCc1ccsc1)c1cc(OC)cc(OC)c1. The maximum atomic E-state index is 5.34. The Bertz CT molecular complexity index is 503. The Balaban J connectivity index is 2.13. The van der Waals surface area contributed by atoms with E-state index in [1.54, 1.807) is 25.6 Å². The van der Waals surface area contributed by atoms with E-state index in [4.69, 9.17) is 9.47 Å². The van der Waals surface area contributed by atoms with Crippen LogP contribution in [0.15, 0.2) is 35.0 Å². The quantitative estimate of drug-likeness (QED) is 0.844. The highest BCUT2D eigenvalue weighted by Gasteiger charge is 2.12. The average molecular weight is 291 g/mol. The summed E-state index contributed by atoms with van der Waals surface area (Å²) in [7, 11) is 5.35. The smallest absolute Gasteiger partial charge is 0.122 e. The van der Waals surface area contributed by atoms with E-state index in [2.05, 4.69) is 34.3 Å². The van der Waals surface area contributed by atoms with Crippen molar-refractivity contribution < 1.29 is 9.47 Å². The van der Waals surface area contributed by atoms with Gasteiger partial charge in [-0.25, -0.2) is 0 Å². The van der Waals surface area contributed by atoms with E-state index in [0.717, 1.165) is 24.3 Å². The summed E-state index contributed by atoms with van der Waals surface area (Å²) >= 11 is 1.75. The Morgan fingerprint density at radius 1 is 1.15 bits per heavy atom. The molecule has 1 unspecified atom stereocenters. The zero-order chi connectivity index (χ0) is 14.4. The third-order valence-electron chi connectivity index (χ3n) is 3.43. The summed E-state index contributed by atoms with van der Waals surface area (Å²) in [5.74, 6) is 1.66. The highest BCUT2D eigenvalue weighted by Crippen LogP contribution is 2.28. The molecule has 0 aliphatic heterocycles. The molecule has 0 aliphatic rings. The summed E-state index contributed by atoms with van der Waals surface area (Å²) in [6.45, 7) is 0. The van der Waals surface area contributed by atoms with Crippen LogP contribution in [0, 0.1) is 0 Å². The molecule has 1 atom stereocenters. The molecule has 4 heteroatoms. The van der Waals surface area contributed by atoms with Gasteiger partial charge in [-0.3, -0.25) is 0 Å². The van der Waals surface area contributed by atoms with Crippen LogP contribution in [0.1, 0.15) is 23.6 Å². The van der Waals surface area contributed by atoms with Gasteiger partial charge >= 0.3 is 0 Å². The molecule has 20 heavy (non-hydrogen) atoms. The van der Waals surface area contributed by atoms with Crippen molar-refractivity contribution in [3.8, 4) is 11.5 Å². The summed E-state index contributed by atoms with van der Waals surface area (Å²) in [4.78, 5) is 0. The lowest BCUT2D eigenvalue weighted by molar-refractivity contribution is 0.391. The van der Waals surface area contributed by atoms with Crippen molar-refractivity contribution in [2.75, 3.05) is 21.3 Å². The van der Waals surface area contributed by atoms with Gasteiger partial charge in [0, 0.05) is 12.1 Å². The summed E-state index contributed by atoms with van der Waals surface area (Å²) in [6.07, 6.45) is 2.11. The van der Waals surface area contributed by atoms with Gasteiger partial charge in [-0.2, -0.15) is 11.3 Å². The first-order chi connectivity index (χ1) is 9.76. The first kappa shape index (κ1) is 14.9. The van der Waals surface area contributed by atoms with Crippen molar-refractivity contribution in [3.63, 3.8) is 0 Å². The fourth-order valence-corrected chi connectivity index (χ4v) is 2.96. The first-order valence-electron chi connectivity index (χ1n) is 6.68. The highest BCUT2D eigenvalue weighted by atomic mass is 32.1. The van der Waals surface area contributed by atoms with E-state index in [1.165, 1.54) is 11.1 Å². The number of methoxy groups -OCH3 is 2. The van der Waals surface area contributed by atoms with Gasteiger partial charge in [0.1, 0.15) is 11.5 Å². The maximum absolute atomic E-state index is 5.34. The highest BCUT2D eigenvalue weighted by molar-refractivity contribution is 7.07. The van der Waals surface area contributed by atoms with Crippen LogP contribution in [0.2, 0.25) is 0 Å². The zero-order valence-corrected chi connectivity index (χ0v) is 13.0. The summed E-state index contributed by atoms with van der Waals surface area (Å²) in [6, 6.07) is 8.51. The number of thiophene rings is 1. The molecule has 0 aliphatic carbocycles. The van der Waals surface area contributed by atoms with Crippen LogP contribution in [-0.2, 0) is 6.42 Å². The van der Waals surface area contributed by atoms with Crippen LogP contribution in [0.5, 0.6) is 11.5 Å². The number of hydrogen-bond acceptors (Lipinski definition) is 4. The number of rotatable bonds is 7. The molecular weight excluding hydrogens is 270 g/mol. The van der Waals surface area contributed by atoms with Gasteiger partial charge in [0.25, 0.3) is 0 Å². The largest absolute Gasteiger partial charge is 0.497 e. The van der Waals surface area contributed by atoms with E-state index in [9.17, 15) is 0 Å². The van der Waals surface area contributed by atoms with Crippen molar-refractivity contribution in [2.45, 2.75) is 18.9 Å². The summed E-state index contributed by atoms with van der Waals surface area (Å²) in [5.41, 5.74) is 2.59. The zero-order valence-electron chi connectivity index (χ0n) is 12.2. The van der Waals surface area contributed by atoms with Gasteiger partial charge in [0.05, 0.1) is 14.2 Å². The lowest BCUT2D eigenvalue weighted by atomic mass is 9.99. The van der Waals surface area contributed by atoms with E-state index in [-0.39, 0.29) is 0 Å². The van der Waals surface area contributed by atoms with E-state index in [0.29, 0.717) is 6.04 Å². The summed E-state index contributed by atoms with van der Waals surface area (Å²) < 4.78 is 10.7. The van der Waals surface area contributed by atoms with Crippen molar-refractivity contribution in [1.29, 1.82) is 0 Å². The van der Waals surface area contributed by atoms with Crippen molar-refractivity contribution in [1.82, 2.24) is 5.32 Å². The van der Waals surface area contributed by atoms with Crippen LogP contribution in [0.3, 0.4) is 0 Å². The molecule has 108 valence electrons. The molecule has 0 amide bonds. The molecule has 1 aromatic heterocycles. The predicted molar refractivity (Wildman–Crippen MR) is 84.0 cm³/mol. The van der Waals surface area contributed by atoms with Gasteiger partial charge in [-0.05, 0) is 60.0 Å². The molecule has 0 saturated carbocycles. The molecule has 0 radical (unpaired) electrons. The van der Waals surface area contributed by atoms with Crippen molar-refractivity contribution in [3.05, 3.63) is 46.2 Å². The molecule has 0 bridgehead atoms. The monoisotopic (exact) mass is 291 g/mol. The lowest BCUT2D eigenvalue weighted by Gasteiger charge is -2.18. The third-order valence-corrected chi connectivity index (χ3v) is 4.16. The number of aryl methyl sites for hydroxylation is 1. The molecule has 0 fully saturated rings. The number of hydrogen-bond donors (Lipinski definition) is 1. The fraction of sp³-hybridized carbons (Fsp3) is 0.375. The van der Waals surface area contributed by atoms with Crippen molar-refractivity contribution >= 4 is 11.3 Å². The van der Waals surface area contributed by atoms with E-state index < -0.39 is 0 Å². The molecule has 0 spiro atoms. The second kappa shape index (κ2) is 7.31. The van der Waals surface area contributed by atoms with Gasteiger partial charge in [-0.15, -0.1) is 0 Å². The number of benzene rings is 1. The Morgan fingerprint density at radius 2 is 1.85 bits per heavy atom. The lowest BCUT2D eigenvalue weighted by Crippen LogP contribution is -2.17. The Morgan fingerprint density at radius 3 is 2.35 bits per heavy atom. The topological polar surface area (TPSA) is 30.5 Å². The minimum absolute atomic E-state index is 0.291. The second-order valence-corrected chi connectivity index (χ2v) is 5.44. The van der Waals surface area contributed by atoms with Crippen LogP contribution in [-0.4, -0.2) is 21.3 Å². The molecule has 0 saturated heterocycles. The minimum atomic E-state index is 0.291. The van der Waals surface area contributed by atoms with E-state index >= 15 is 0 Å². The minimum Gasteiger partial charge on any atom is -0.497 e. The molecule has 2 aromatic rings. The normalized spacial score (nSPS) is 12.2. The van der Waals surface area contributed by atoms with Crippen LogP contribution in [0.25, 0.3) is 0 Å². The molecule has 3 nitrogen and oxygen atoms in total. The van der Waals surface area contributed by atoms with Gasteiger partial charge < -0.3 is 14.8 Å². The fourth-order valence-electron chi connectivity index (χ4n) is 2.25. The average Bonchev–Trinajstić information content (AvgIpc) is 3.00. The third kappa shape index (κ3) is 3.74. The van der Waals surface area contributed by atoms with Gasteiger partial charge in [-0.1, -0.05) is 0 Å². The molecule has 1 N–H and O–H groups in total. The Labute approximate surface area is 124 Å². The summed E-state index contributed by atoms with van der Waals surface area (Å²) in [5, 5.41) is 7.71. The van der Waals surface area contributed by atoms with Gasteiger partial charge in [0.2, 0.25) is 0 Å². The van der Waals surface area contributed by atoms with E-state index in [1.807, 2.05) is 13.1 Å². The Hall–Kier alpha value is -1.52. The standard InChI is InChI=1S/C16H21NO2S/c1-17-16(5-4-12-6-7-20-11-12)13-8-14(18-2)10-15(9-13)19-3/h6-11,16-17H,4-5H2,1-3H3. The molecule has 1 heterocycles. The predicted octanol–water partition coefficient (Wildman–Crippen LogP) is 3.66. The van der Waals surface area contributed by atoms with Crippen LogP contribution >= 0.6 is 11.3 Å². The second-order valence-electron chi connectivity index (χ2n) is 4.66. The molecular formula is C16H21NO2S. The molecule has 1 aromatic carbocycles. The maximum Gasteiger partial charge on any atom is 0.122 e. The Kier molecular flexibility index (Phi) is 5.44. The van der Waals surface area contributed by atoms with Crippen LogP contribution < -0.4 is 14.8 Å². The van der Waals surface area contributed by atoms with Crippen LogP contribution in [0.4, 0.5) is 0 Å². The molecule has 2 rings (SSSR count). The number of nitrogens with one attached hydrogen (secondary N) is 1.